The van der Waals surface area contributed by atoms with Crippen molar-refractivity contribution in [3.8, 4) is 0 Å². The van der Waals surface area contributed by atoms with Crippen molar-refractivity contribution < 1.29 is 9.59 Å². The van der Waals surface area contributed by atoms with Gasteiger partial charge >= 0.3 is 0 Å². The number of hydrogen-bond donors (Lipinski definition) is 0. The van der Waals surface area contributed by atoms with Gasteiger partial charge in [-0.2, -0.15) is 0 Å². The minimum Gasteiger partial charge on any atom is -0.299 e. The van der Waals surface area contributed by atoms with Crippen LogP contribution in [0.2, 0.25) is 0 Å². The van der Waals surface area contributed by atoms with Gasteiger partial charge in [-0.25, -0.2) is 0 Å². The topological polar surface area (TPSA) is 34.1 Å². The van der Waals surface area contributed by atoms with Gasteiger partial charge in [0.25, 0.3) is 0 Å². The van der Waals surface area contributed by atoms with Gasteiger partial charge in [0.15, 0.2) is 17.4 Å². The van der Waals surface area contributed by atoms with Gasteiger partial charge in [0.1, 0.15) is 11.6 Å². The highest BCUT2D eigenvalue weighted by Crippen LogP contribution is 2.09. The predicted octanol–water partition coefficient (Wildman–Crippen LogP) is -0.485. The fourth-order valence-corrected chi connectivity index (χ4v) is 0.879. The molecule has 0 unspecified atom stereocenters. The molecule has 0 radical (unpaired) electrons. The minimum absolute atomic E-state index is 0. The summed E-state index contributed by atoms with van der Waals surface area (Å²) in [5.74, 6) is 0.225. The molecule has 50 valence electrons. The maximum Gasteiger partial charge on any atom is 0.187 e. The summed E-state index contributed by atoms with van der Waals surface area (Å²) >= 11 is 0. The van der Waals surface area contributed by atoms with Crippen molar-refractivity contribution in [2.24, 2.45) is 0 Å². The molecule has 1 aliphatic carbocycles. The van der Waals surface area contributed by atoms with E-state index in [-0.39, 0.29) is 35.3 Å². The molecule has 0 bridgehead atoms. The minimum atomic E-state index is 0. The van der Waals surface area contributed by atoms with Crippen molar-refractivity contribution in [1.82, 2.24) is 0 Å². The van der Waals surface area contributed by atoms with Gasteiger partial charge in [-0.05, 0) is 6.42 Å². The zero-order chi connectivity index (χ0) is 5.98. The maximum absolute atomic E-state index is 10.5. The first-order valence-electron chi connectivity index (χ1n) is 2.82. The molecule has 0 aliphatic heterocycles. The molecule has 0 N–H and O–H groups in total. The summed E-state index contributed by atoms with van der Waals surface area (Å²) in [6, 6.07) is 0. The molecule has 0 heterocycles. The molecule has 3 heteroatoms. The molecule has 2 nitrogen and oxygen atoms in total. The summed E-state index contributed by atoms with van der Waals surface area (Å²) in [6.07, 6.45) is 2.20. The third-order valence-electron chi connectivity index (χ3n) is 1.31. The number of carbonyl (C=O) groups is 2. The highest BCUT2D eigenvalue weighted by molar-refractivity contribution is 6.01. The normalized spacial score (nSPS) is 19.1. The van der Waals surface area contributed by atoms with Crippen LogP contribution < -0.4 is 0 Å². The molecule has 1 saturated carbocycles. The van der Waals surface area contributed by atoms with Crippen molar-refractivity contribution in [1.29, 1.82) is 0 Å². The molecule has 1 aliphatic rings. The Morgan fingerprint density at radius 1 is 1.00 bits per heavy atom. The molecular formula is C6H11AlO2. The molecule has 0 aromatic rings. The van der Waals surface area contributed by atoms with Crippen molar-refractivity contribution >= 4 is 28.9 Å². The molecule has 9 heavy (non-hydrogen) atoms. The molecule has 0 aromatic carbocycles. The standard InChI is InChI=1S/C6H8O2.Al.3H/c7-5-2-1-3-6(8)4-5;;;;/h1-4H2;;;;. The first-order chi connectivity index (χ1) is 3.79. The maximum atomic E-state index is 10.5. The summed E-state index contributed by atoms with van der Waals surface area (Å²) in [5.41, 5.74) is 0. The van der Waals surface area contributed by atoms with E-state index in [2.05, 4.69) is 0 Å². The van der Waals surface area contributed by atoms with Crippen LogP contribution in [0, 0.1) is 0 Å². The van der Waals surface area contributed by atoms with Crippen LogP contribution >= 0.6 is 0 Å². The molecule has 0 spiro atoms. The summed E-state index contributed by atoms with van der Waals surface area (Å²) in [5, 5.41) is 0. The zero-order valence-electron chi connectivity index (χ0n) is 4.64. The van der Waals surface area contributed by atoms with Crippen molar-refractivity contribution in [3.63, 3.8) is 0 Å². The molecule has 1 fully saturated rings. The Kier molecular flexibility index (Phi) is 3.76. The van der Waals surface area contributed by atoms with Crippen LogP contribution in [0.3, 0.4) is 0 Å². The molecule has 0 amide bonds. The van der Waals surface area contributed by atoms with E-state index in [9.17, 15) is 9.59 Å². The summed E-state index contributed by atoms with van der Waals surface area (Å²) in [4.78, 5) is 20.9. The van der Waals surface area contributed by atoms with E-state index in [1.807, 2.05) is 0 Å². The van der Waals surface area contributed by atoms with Crippen LogP contribution in [-0.4, -0.2) is 28.9 Å². The van der Waals surface area contributed by atoms with Crippen LogP contribution in [0.5, 0.6) is 0 Å². The molecule has 0 atom stereocenters. The van der Waals surface area contributed by atoms with E-state index in [1.165, 1.54) is 0 Å². The highest BCUT2D eigenvalue weighted by atomic mass is 27.0. The Balaban J connectivity index is 0.000000640. The third-order valence-corrected chi connectivity index (χ3v) is 1.31. The Morgan fingerprint density at radius 3 is 1.67 bits per heavy atom. The first-order valence-corrected chi connectivity index (χ1v) is 2.82. The van der Waals surface area contributed by atoms with Crippen LogP contribution in [0.4, 0.5) is 0 Å². The highest BCUT2D eigenvalue weighted by Gasteiger charge is 2.14. The quantitative estimate of drug-likeness (QED) is 0.338. The average molecular weight is 142 g/mol. The van der Waals surface area contributed by atoms with Gasteiger partial charge < -0.3 is 0 Å². The van der Waals surface area contributed by atoms with E-state index in [1.54, 1.807) is 0 Å². The van der Waals surface area contributed by atoms with Crippen molar-refractivity contribution in [2.75, 3.05) is 0 Å². The van der Waals surface area contributed by atoms with Gasteiger partial charge in [-0.3, -0.25) is 9.59 Å². The fourth-order valence-electron chi connectivity index (χ4n) is 0.879. The van der Waals surface area contributed by atoms with Gasteiger partial charge in [0, 0.05) is 12.8 Å². The summed E-state index contributed by atoms with van der Waals surface area (Å²) in [6.45, 7) is 0. The fraction of sp³-hybridized carbons (Fsp3) is 0.667. The van der Waals surface area contributed by atoms with E-state index < -0.39 is 0 Å². The SMILES string of the molecule is O=C1CCCC(=O)C1.[AlH3]. The Labute approximate surface area is 64.8 Å². The lowest BCUT2D eigenvalue weighted by Gasteiger charge is -2.04. The second-order valence-electron chi connectivity index (χ2n) is 2.11. The third kappa shape index (κ3) is 2.79. The van der Waals surface area contributed by atoms with Crippen LogP contribution in [-0.2, 0) is 9.59 Å². The van der Waals surface area contributed by atoms with Gasteiger partial charge in [-0.15, -0.1) is 0 Å². The summed E-state index contributed by atoms with van der Waals surface area (Å²) < 4.78 is 0. The number of rotatable bonds is 0. The van der Waals surface area contributed by atoms with Gasteiger partial charge in [0.05, 0.1) is 6.42 Å². The molecule has 0 aromatic heterocycles. The molecule has 1 rings (SSSR count). The van der Waals surface area contributed by atoms with Crippen LogP contribution in [0.25, 0.3) is 0 Å². The van der Waals surface area contributed by atoms with Crippen molar-refractivity contribution in [2.45, 2.75) is 25.7 Å². The second-order valence-corrected chi connectivity index (χ2v) is 2.11. The van der Waals surface area contributed by atoms with Crippen molar-refractivity contribution in [3.05, 3.63) is 0 Å². The number of Topliss-reactive ketones (excluding diaryl/α,β-unsaturated/α-hetero) is 2. The lowest BCUT2D eigenvalue weighted by Crippen LogP contribution is -2.13. The van der Waals surface area contributed by atoms with E-state index >= 15 is 0 Å². The number of hydrogen-bond acceptors (Lipinski definition) is 2. The van der Waals surface area contributed by atoms with Gasteiger partial charge in [0.2, 0.25) is 0 Å². The lowest BCUT2D eigenvalue weighted by atomic mass is 9.98. The number of ketones is 2. The Hall–Kier alpha value is -0.128. The van der Waals surface area contributed by atoms with Gasteiger partial charge in [-0.1, -0.05) is 0 Å². The van der Waals surface area contributed by atoms with Crippen LogP contribution in [0.1, 0.15) is 25.7 Å². The second kappa shape index (κ2) is 3.81. The van der Waals surface area contributed by atoms with Crippen LogP contribution in [0.15, 0.2) is 0 Å². The smallest absolute Gasteiger partial charge is 0.187 e. The Bertz CT molecular complexity index is 117. The zero-order valence-corrected chi connectivity index (χ0v) is 4.64. The largest absolute Gasteiger partial charge is 0.299 e. The molecular weight excluding hydrogens is 131 g/mol. The average Bonchev–Trinajstić information content (AvgIpc) is 1.64. The van der Waals surface area contributed by atoms with E-state index in [0.29, 0.717) is 12.8 Å². The Morgan fingerprint density at radius 2 is 1.44 bits per heavy atom. The van der Waals surface area contributed by atoms with E-state index in [0.717, 1.165) is 6.42 Å². The summed E-state index contributed by atoms with van der Waals surface area (Å²) in [7, 11) is 0. The van der Waals surface area contributed by atoms with E-state index in [4.69, 9.17) is 0 Å². The lowest BCUT2D eigenvalue weighted by molar-refractivity contribution is -0.129. The predicted molar refractivity (Wildman–Crippen MR) is 38.4 cm³/mol. The first kappa shape index (κ1) is 8.87. The number of carbonyl (C=O) groups excluding carboxylic acids is 2. The molecule has 0 saturated heterocycles. The monoisotopic (exact) mass is 142 g/mol.